The molecule has 1 atom stereocenters. The van der Waals surface area contributed by atoms with Crippen molar-refractivity contribution >= 4 is 34.1 Å². The normalized spacial score (nSPS) is 15.4. The van der Waals surface area contributed by atoms with Crippen molar-refractivity contribution in [2.24, 2.45) is 0 Å². The molecule has 0 fully saturated rings. The summed E-state index contributed by atoms with van der Waals surface area (Å²) in [7, 11) is 0. The Morgan fingerprint density at radius 3 is 3.11 bits per heavy atom. The highest BCUT2D eigenvalue weighted by Gasteiger charge is 2.20. The molecule has 0 spiro atoms. The predicted octanol–water partition coefficient (Wildman–Crippen LogP) is 3.81. The predicted molar refractivity (Wildman–Crippen MR) is 104 cm³/mol. The molecule has 4 rings (SSSR count). The molecular weight excluding hydrogens is 384 g/mol. The summed E-state index contributed by atoms with van der Waals surface area (Å²) in [4.78, 5) is 12.2. The van der Waals surface area contributed by atoms with Gasteiger partial charge in [0.15, 0.2) is 10.1 Å². The van der Waals surface area contributed by atoms with Gasteiger partial charge in [0.2, 0.25) is 11.0 Å². The molecule has 0 saturated carbocycles. The second-order valence-corrected chi connectivity index (χ2v) is 8.66. The van der Waals surface area contributed by atoms with Crippen LogP contribution < -0.4 is 10.1 Å². The van der Waals surface area contributed by atoms with Gasteiger partial charge in [0, 0.05) is 18.1 Å². The largest absolute Gasteiger partial charge is 0.490 e. The van der Waals surface area contributed by atoms with E-state index in [2.05, 4.69) is 26.7 Å². The molecule has 0 saturated heterocycles. The van der Waals surface area contributed by atoms with Crippen LogP contribution in [0.2, 0.25) is 0 Å². The van der Waals surface area contributed by atoms with Gasteiger partial charge in [0.25, 0.3) is 0 Å². The molecule has 2 aromatic heterocycles. The fraction of sp³-hybridized carbons (Fsp3) is 0.333. The van der Waals surface area contributed by atoms with Crippen LogP contribution >= 0.6 is 23.1 Å². The topological polar surface area (TPSA) is 90.1 Å². The van der Waals surface area contributed by atoms with E-state index in [-0.39, 0.29) is 18.4 Å². The number of carbonyl (C=O) groups excluding carboxylic acids is 1. The minimum absolute atomic E-state index is 0.115. The molecule has 0 unspecified atom stereocenters. The highest BCUT2D eigenvalue weighted by atomic mass is 32.2. The Bertz CT molecular complexity index is 969. The van der Waals surface area contributed by atoms with Crippen molar-refractivity contribution in [1.82, 2.24) is 15.4 Å². The molecule has 1 N–H and O–H groups in total. The monoisotopic (exact) mass is 402 g/mol. The molecule has 1 aliphatic rings. The summed E-state index contributed by atoms with van der Waals surface area (Å²) < 4.78 is 12.0. The van der Waals surface area contributed by atoms with Gasteiger partial charge in [-0.15, -0.1) is 10.2 Å². The number of hydrogen-bond acceptors (Lipinski definition) is 8. The number of hydrogen-bond donors (Lipinski definition) is 1. The molecule has 1 aromatic carbocycles. The Kier molecular flexibility index (Phi) is 5.13. The van der Waals surface area contributed by atoms with Gasteiger partial charge in [-0.05, 0) is 36.4 Å². The lowest BCUT2D eigenvalue weighted by molar-refractivity contribution is -0.115. The molecule has 27 heavy (non-hydrogen) atoms. The third-order valence-corrected chi connectivity index (χ3v) is 5.86. The highest BCUT2D eigenvalue weighted by Crippen LogP contribution is 2.33. The summed E-state index contributed by atoms with van der Waals surface area (Å²) in [6, 6.07) is 7.73. The Labute approximate surface area is 164 Å². The van der Waals surface area contributed by atoms with Crippen LogP contribution in [0.5, 0.6) is 5.75 Å². The van der Waals surface area contributed by atoms with Crippen LogP contribution in [0.25, 0.3) is 11.3 Å². The van der Waals surface area contributed by atoms with Crippen LogP contribution in [0.1, 0.15) is 25.1 Å². The molecule has 0 bridgehead atoms. The molecule has 3 heterocycles. The summed E-state index contributed by atoms with van der Waals surface area (Å²) in [6.07, 6.45) is 1.19. The van der Waals surface area contributed by atoms with Crippen molar-refractivity contribution in [1.29, 1.82) is 0 Å². The van der Waals surface area contributed by atoms with E-state index in [1.165, 1.54) is 11.3 Å². The van der Waals surface area contributed by atoms with Gasteiger partial charge in [-0.1, -0.05) is 35.2 Å². The fourth-order valence-electron chi connectivity index (χ4n) is 2.88. The molecule has 0 aliphatic carbocycles. The third-order valence-electron chi connectivity index (χ3n) is 4.00. The zero-order valence-electron chi connectivity index (χ0n) is 14.9. The second kappa shape index (κ2) is 7.69. The molecule has 9 heteroatoms. The molecule has 7 nitrogen and oxygen atoms in total. The Hall–Kier alpha value is -2.39. The highest BCUT2D eigenvalue weighted by molar-refractivity contribution is 8.01. The first-order chi connectivity index (χ1) is 13.1. The quantitative estimate of drug-likeness (QED) is 0.495. The van der Waals surface area contributed by atoms with Crippen LogP contribution in [0, 0.1) is 0 Å². The number of thioether (sulfide) groups is 1. The maximum atomic E-state index is 12.2. The van der Waals surface area contributed by atoms with E-state index < -0.39 is 0 Å². The van der Waals surface area contributed by atoms with Gasteiger partial charge in [-0.2, -0.15) is 0 Å². The van der Waals surface area contributed by atoms with Gasteiger partial charge in [-0.25, -0.2) is 0 Å². The number of ether oxygens (including phenoxy) is 1. The van der Waals surface area contributed by atoms with E-state index >= 15 is 0 Å². The van der Waals surface area contributed by atoms with E-state index in [0.29, 0.717) is 16.6 Å². The summed E-state index contributed by atoms with van der Waals surface area (Å²) in [5, 5.41) is 15.2. The molecule has 1 aliphatic heterocycles. The van der Waals surface area contributed by atoms with Crippen LogP contribution in [0.4, 0.5) is 5.13 Å². The smallest absolute Gasteiger partial charge is 0.232 e. The van der Waals surface area contributed by atoms with Crippen LogP contribution in [-0.2, 0) is 17.6 Å². The number of benzene rings is 1. The van der Waals surface area contributed by atoms with Crippen molar-refractivity contribution < 1.29 is 14.1 Å². The van der Waals surface area contributed by atoms with Crippen molar-refractivity contribution in [3.63, 3.8) is 0 Å². The molecule has 0 radical (unpaired) electrons. The SMILES string of the molecule is CCSc1nnc(NC(=O)Cc2cc(-c3ccc4c(c3)C[C@H](C)O4)on2)s1. The lowest BCUT2D eigenvalue weighted by Crippen LogP contribution is -2.14. The van der Waals surface area contributed by atoms with Gasteiger partial charge in [-0.3, -0.25) is 4.79 Å². The summed E-state index contributed by atoms with van der Waals surface area (Å²) in [5.74, 6) is 2.27. The minimum Gasteiger partial charge on any atom is -0.490 e. The van der Waals surface area contributed by atoms with Crippen LogP contribution in [-0.4, -0.2) is 33.1 Å². The van der Waals surface area contributed by atoms with E-state index in [0.717, 1.165) is 33.4 Å². The number of nitrogens with zero attached hydrogens (tertiary/aromatic N) is 3. The number of aromatic nitrogens is 3. The fourth-order valence-corrected chi connectivity index (χ4v) is 4.54. The first kappa shape index (κ1) is 18.0. The molecule has 140 valence electrons. The van der Waals surface area contributed by atoms with Crippen molar-refractivity contribution in [2.75, 3.05) is 11.1 Å². The minimum atomic E-state index is -0.199. The van der Waals surface area contributed by atoms with Crippen LogP contribution in [0.15, 0.2) is 33.1 Å². The number of fused-ring (bicyclic) bond motifs is 1. The molecular formula is C18H18N4O3S2. The average Bonchev–Trinajstić information content (AvgIpc) is 3.34. The van der Waals surface area contributed by atoms with E-state index in [1.54, 1.807) is 17.8 Å². The Balaban J connectivity index is 1.40. The van der Waals surface area contributed by atoms with Gasteiger partial charge < -0.3 is 14.6 Å². The standard InChI is InChI=1S/C18H18N4O3S2/c1-3-26-18-21-20-17(27-18)19-16(23)9-13-8-15(25-22-13)11-4-5-14-12(7-11)6-10(2)24-14/h4-5,7-8,10H,3,6,9H2,1-2H3,(H,19,20,23)/t10-/m0/s1. The zero-order chi connectivity index (χ0) is 18.8. The van der Waals surface area contributed by atoms with Crippen LogP contribution in [0.3, 0.4) is 0 Å². The first-order valence-corrected chi connectivity index (χ1v) is 10.4. The summed E-state index contributed by atoms with van der Waals surface area (Å²) in [5.41, 5.74) is 2.66. The van der Waals surface area contributed by atoms with Crippen molar-refractivity contribution in [2.45, 2.75) is 37.1 Å². The van der Waals surface area contributed by atoms with E-state index in [4.69, 9.17) is 9.26 Å². The van der Waals surface area contributed by atoms with Gasteiger partial charge in [0.1, 0.15) is 11.9 Å². The van der Waals surface area contributed by atoms with E-state index in [9.17, 15) is 4.79 Å². The maximum Gasteiger partial charge on any atom is 0.232 e. The lowest BCUT2D eigenvalue weighted by atomic mass is 10.1. The first-order valence-electron chi connectivity index (χ1n) is 8.62. The maximum absolute atomic E-state index is 12.2. The number of carbonyl (C=O) groups is 1. The van der Waals surface area contributed by atoms with E-state index in [1.807, 2.05) is 26.0 Å². The second-order valence-electron chi connectivity index (χ2n) is 6.17. The van der Waals surface area contributed by atoms with Crippen molar-refractivity contribution in [3.8, 4) is 17.1 Å². The molecule has 3 aromatic rings. The Morgan fingerprint density at radius 2 is 2.26 bits per heavy atom. The average molecular weight is 403 g/mol. The van der Waals surface area contributed by atoms with Gasteiger partial charge >= 0.3 is 0 Å². The lowest BCUT2D eigenvalue weighted by Gasteiger charge is -2.02. The van der Waals surface area contributed by atoms with Gasteiger partial charge in [0.05, 0.1) is 12.1 Å². The van der Waals surface area contributed by atoms with Crippen molar-refractivity contribution in [3.05, 3.63) is 35.5 Å². The summed E-state index contributed by atoms with van der Waals surface area (Å²) >= 11 is 2.96. The number of amides is 1. The Morgan fingerprint density at radius 1 is 1.37 bits per heavy atom. The number of rotatable bonds is 6. The number of nitrogens with one attached hydrogen (secondary N) is 1. The number of anilines is 1. The zero-order valence-corrected chi connectivity index (χ0v) is 16.5. The third kappa shape index (κ3) is 4.14. The summed E-state index contributed by atoms with van der Waals surface area (Å²) in [6.45, 7) is 4.09. The molecule has 1 amide bonds.